The molecule has 1 amide bonds. The summed E-state index contributed by atoms with van der Waals surface area (Å²) >= 11 is 0. The predicted octanol–water partition coefficient (Wildman–Crippen LogP) is 9.14. The fourth-order valence-electron chi connectivity index (χ4n) is 7.22. The van der Waals surface area contributed by atoms with E-state index in [0.717, 1.165) is 49.9 Å². The first kappa shape index (κ1) is 33.0. The van der Waals surface area contributed by atoms with Crippen molar-refractivity contribution < 1.29 is 35.5 Å². The van der Waals surface area contributed by atoms with Crippen LogP contribution in [0.5, 0.6) is 0 Å². The van der Waals surface area contributed by atoms with Crippen LogP contribution in [0.3, 0.4) is 0 Å². The van der Waals surface area contributed by atoms with Crippen molar-refractivity contribution in [3.63, 3.8) is 0 Å². The topological polar surface area (TPSA) is 23.6 Å². The Balaban J connectivity index is 1.34. The summed E-state index contributed by atoms with van der Waals surface area (Å²) in [6.45, 7) is 3.16. The molecule has 1 heterocycles. The second kappa shape index (κ2) is 12.8. The maximum absolute atomic E-state index is 13.9. The number of rotatable bonds is 6. The number of likely N-dealkylation sites (tertiary alicyclic amines) is 1. The summed E-state index contributed by atoms with van der Waals surface area (Å²) in [4.78, 5) is 18.0. The van der Waals surface area contributed by atoms with E-state index in [0.29, 0.717) is 30.9 Å². The molecule has 3 nitrogen and oxygen atoms in total. The summed E-state index contributed by atoms with van der Waals surface area (Å²) in [6, 6.07) is 17.8. The Morgan fingerprint density at radius 1 is 0.822 bits per heavy atom. The molecule has 0 spiro atoms. The van der Waals surface area contributed by atoms with E-state index < -0.39 is 40.8 Å². The van der Waals surface area contributed by atoms with Crippen LogP contribution >= 0.6 is 0 Å². The number of alkyl halides is 6. The Kier molecular flexibility index (Phi) is 9.36. The minimum atomic E-state index is -5.00. The van der Waals surface area contributed by atoms with Gasteiger partial charge in [-0.05, 0) is 111 Å². The van der Waals surface area contributed by atoms with E-state index in [-0.39, 0.29) is 23.5 Å². The lowest BCUT2D eigenvalue weighted by molar-refractivity contribution is -0.144. The molecule has 1 unspecified atom stereocenters. The molecule has 10 heteroatoms. The SMILES string of the molecule is CC(C(=O)N(C)[C@]1(c2ccccc2)CC[C@@H](N2CCC(c3ccc(F)cc3)CC2)CC1)c1cc(C(F)(F)F)cc(C(F)(F)F)c1. The number of benzene rings is 3. The first-order chi connectivity index (χ1) is 21.2. The highest BCUT2D eigenvalue weighted by Gasteiger charge is 2.45. The van der Waals surface area contributed by atoms with Crippen LogP contribution in [0.25, 0.3) is 0 Å². The molecule has 2 fully saturated rings. The largest absolute Gasteiger partial charge is 0.416 e. The normalized spacial score (nSPS) is 22.6. The highest BCUT2D eigenvalue weighted by atomic mass is 19.4. The van der Waals surface area contributed by atoms with Crippen molar-refractivity contribution in [1.82, 2.24) is 9.80 Å². The van der Waals surface area contributed by atoms with Gasteiger partial charge >= 0.3 is 12.4 Å². The number of carbonyl (C=O) groups excluding carboxylic acids is 1. The molecule has 2 aliphatic rings. The minimum Gasteiger partial charge on any atom is -0.335 e. The van der Waals surface area contributed by atoms with Crippen LogP contribution in [0, 0.1) is 5.82 Å². The maximum atomic E-state index is 13.9. The molecule has 1 atom stereocenters. The first-order valence-corrected chi connectivity index (χ1v) is 15.3. The minimum absolute atomic E-state index is 0.0829. The van der Waals surface area contributed by atoms with Crippen LogP contribution in [0.2, 0.25) is 0 Å². The van der Waals surface area contributed by atoms with E-state index in [1.807, 2.05) is 42.5 Å². The third kappa shape index (κ3) is 7.05. The predicted molar refractivity (Wildman–Crippen MR) is 158 cm³/mol. The van der Waals surface area contributed by atoms with Crippen molar-refractivity contribution in [2.75, 3.05) is 20.1 Å². The number of nitrogens with zero attached hydrogens (tertiary/aromatic N) is 2. The zero-order valence-electron chi connectivity index (χ0n) is 25.3. The molecule has 3 aromatic rings. The summed E-state index contributed by atoms with van der Waals surface area (Å²) in [7, 11) is 1.61. The fraction of sp³-hybridized carbons (Fsp3) is 0.457. The summed E-state index contributed by atoms with van der Waals surface area (Å²) in [5, 5.41) is 0. The first-order valence-electron chi connectivity index (χ1n) is 15.3. The molecule has 45 heavy (non-hydrogen) atoms. The number of carbonyl (C=O) groups is 1. The number of halogens is 7. The molecular weight excluding hydrogens is 597 g/mol. The van der Waals surface area contributed by atoms with Gasteiger partial charge in [0.05, 0.1) is 22.6 Å². The van der Waals surface area contributed by atoms with Crippen molar-refractivity contribution in [3.05, 3.63) is 106 Å². The van der Waals surface area contributed by atoms with Crippen molar-refractivity contribution in [1.29, 1.82) is 0 Å². The van der Waals surface area contributed by atoms with E-state index in [1.54, 1.807) is 11.9 Å². The molecule has 0 aromatic heterocycles. The monoisotopic (exact) mass is 634 g/mol. The quantitative estimate of drug-likeness (QED) is 0.253. The lowest BCUT2D eigenvalue weighted by Gasteiger charge is -2.50. The van der Waals surface area contributed by atoms with Crippen molar-refractivity contribution in [2.24, 2.45) is 0 Å². The molecule has 242 valence electrons. The van der Waals surface area contributed by atoms with Gasteiger partial charge in [0.2, 0.25) is 5.91 Å². The number of piperidine rings is 1. The Labute approximate surface area is 259 Å². The Morgan fingerprint density at radius 3 is 1.87 bits per heavy atom. The molecule has 1 saturated heterocycles. The molecule has 1 aliphatic heterocycles. The van der Waals surface area contributed by atoms with Crippen LogP contribution in [0.1, 0.15) is 85.1 Å². The standard InChI is InChI=1S/C35H37F7N2O/c1-23(26-20-28(34(37,38)39)22-29(21-26)35(40,41)42)32(45)43(2)33(27-6-4-3-5-7-27)16-12-31(13-17-33)44-18-14-25(15-19-44)24-8-10-30(36)11-9-24/h3-11,20-23,25,31H,12-19H2,1-2H3/t23?,31-,33-. The zero-order chi connectivity index (χ0) is 32.6. The Hall–Kier alpha value is -3.40. The van der Waals surface area contributed by atoms with Gasteiger partial charge in [-0.1, -0.05) is 42.5 Å². The highest BCUT2D eigenvalue weighted by Crippen LogP contribution is 2.45. The zero-order valence-corrected chi connectivity index (χ0v) is 25.3. The van der Waals surface area contributed by atoms with Crippen LogP contribution in [0.4, 0.5) is 30.7 Å². The fourth-order valence-corrected chi connectivity index (χ4v) is 7.22. The van der Waals surface area contributed by atoms with Crippen LogP contribution in [-0.4, -0.2) is 41.9 Å². The number of amides is 1. The van der Waals surface area contributed by atoms with Crippen LogP contribution in [0.15, 0.2) is 72.8 Å². The van der Waals surface area contributed by atoms with Crippen LogP contribution < -0.4 is 0 Å². The summed E-state index contributed by atoms with van der Waals surface area (Å²) < 4.78 is 94.8. The molecule has 5 rings (SSSR count). The average Bonchev–Trinajstić information content (AvgIpc) is 3.03. The second-order valence-corrected chi connectivity index (χ2v) is 12.4. The molecule has 1 saturated carbocycles. The van der Waals surface area contributed by atoms with Gasteiger partial charge in [-0.15, -0.1) is 0 Å². The lowest BCUT2D eigenvalue weighted by Crippen LogP contribution is -2.53. The van der Waals surface area contributed by atoms with Gasteiger partial charge in [0.15, 0.2) is 0 Å². The van der Waals surface area contributed by atoms with Crippen molar-refractivity contribution >= 4 is 5.91 Å². The lowest BCUT2D eigenvalue weighted by atomic mass is 9.72. The van der Waals surface area contributed by atoms with Gasteiger partial charge in [0.1, 0.15) is 5.82 Å². The second-order valence-electron chi connectivity index (χ2n) is 12.4. The van der Waals surface area contributed by atoms with Gasteiger partial charge in [-0.2, -0.15) is 26.3 Å². The molecule has 0 radical (unpaired) electrons. The molecule has 1 aliphatic carbocycles. The van der Waals surface area contributed by atoms with Gasteiger partial charge in [0, 0.05) is 13.1 Å². The summed E-state index contributed by atoms with van der Waals surface area (Å²) in [5.74, 6) is -1.65. The van der Waals surface area contributed by atoms with Gasteiger partial charge in [-0.3, -0.25) is 4.79 Å². The van der Waals surface area contributed by atoms with Gasteiger partial charge in [-0.25, -0.2) is 4.39 Å². The summed E-state index contributed by atoms with van der Waals surface area (Å²) in [6.07, 6.45) is -5.31. The number of hydrogen-bond donors (Lipinski definition) is 0. The summed E-state index contributed by atoms with van der Waals surface area (Å²) in [5.41, 5.74) is -1.92. The number of likely N-dealkylation sites (N-methyl/N-ethyl adjacent to an activating group) is 1. The van der Waals surface area contributed by atoms with Gasteiger partial charge < -0.3 is 9.80 Å². The van der Waals surface area contributed by atoms with Crippen molar-refractivity contribution in [2.45, 2.75) is 81.2 Å². The third-order valence-electron chi connectivity index (χ3n) is 9.93. The number of hydrogen-bond acceptors (Lipinski definition) is 2. The smallest absolute Gasteiger partial charge is 0.335 e. The van der Waals surface area contributed by atoms with E-state index in [2.05, 4.69) is 4.90 Å². The Bertz CT molecular complexity index is 1420. The van der Waals surface area contributed by atoms with E-state index in [4.69, 9.17) is 0 Å². The molecule has 3 aromatic carbocycles. The molecule has 0 bridgehead atoms. The van der Waals surface area contributed by atoms with Crippen LogP contribution in [-0.2, 0) is 22.7 Å². The van der Waals surface area contributed by atoms with E-state index >= 15 is 0 Å². The highest BCUT2D eigenvalue weighted by molar-refractivity contribution is 5.84. The maximum Gasteiger partial charge on any atom is 0.416 e. The van der Waals surface area contributed by atoms with Crippen molar-refractivity contribution in [3.8, 4) is 0 Å². The van der Waals surface area contributed by atoms with E-state index in [1.165, 1.54) is 19.1 Å². The third-order valence-corrected chi connectivity index (χ3v) is 9.93. The molecular formula is C35H37F7N2O. The van der Waals surface area contributed by atoms with Gasteiger partial charge in [0.25, 0.3) is 0 Å². The van der Waals surface area contributed by atoms with E-state index in [9.17, 15) is 35.5 Å². The average molecular weight is 635 g/mol. The Morgan fingerprint density at radius 2 is 1.36 bits per heavy atom. The molecule has 0 N–H and O–H groups in total.